The molecule has 0 saturated carbocycles. The van der Waals surface area contributed by atoms with Gasteiger partial charge in [-0.1, -0.05) is 35.9 Å². The van der Waals surface area contributed by atoms with Gasteiger partial charge in [0, 0.05) is 11.9 Å². The Balaban J connectivity index is 1.53. The van der Waals surface area contributed by atoms with Crippen molar-refractivity contribution in [3.05, 3.63) is 70.1 Å². The highest BCUT2D eigenvalue weighted by atomic mass is 32.2. The van der Waals surface area contributed by atoms with Crippen molar-refractivity contribution in [2.75, 3.05) is 6.54 Å². The largest absolute Gasteiger partial charge is 0.349 e. The van der Waals surface area contributed by atoms with E-state index < -0.39 is 16.1 Å². The summed E-state index contributed by atoms with van der Waals surface area (Å²) in [4.78, 5) is 24.9. The molecule has 0 spiro atoms. The van der Waals surface area contributed by atoms with E-state index in [-0.39, 0.29) is 22.9 Å². The summed E-state index contributed by atoms with van der Waals surface area (Å²) in [5, 5.41) is 10.4. The molecule has 1 aliphatic heterocycles. The second kappa shape index (κ2) is 8.00. The maximum Gasteiger partial charge on any atom is 0.272 e. The summed E-state index contributed by atoms with van der Waals surface area (Å²) >= 11 is 0. The lowest BCUT2D eigenvalue weighted by Crippen LogP contribution is -2.45. The predicted octanol–water partition coefficient (Wildman–Crippen LogP) is 1.70. The highest BCUT2D eigenvalue weighted by Crippen LogP contribution is 2.26. The Morgan fingerprint density at radius 3 is 2.60 bits per heavy atom. The fraction of sp³-hybridized carbons (Fsp3) is 0.286. The predicted molar refractivity (Wildman–Crippen MR) is 112 cm³/mol. The van der Waals surface area contributed by atoms with Gasteiger partial charge in [-0.2, -0.15) is 9.40 Å². The third-order valence-electron chi connectivity index (χ3n) is 5.34. The maximum atomic E-state index is 13.0. The van der Waals surface area contributed by atoms with Crippen molar-refractivity contribution >= 4 is 26.7 Å². The lowest BCUT2D eigenvalue weighted by atomic mass is 10.1. The summed E-state index contributed by atoms with van der Waals surface area (Å²) in [6.07, 6.45) is 1.07. The van der Waals surface area contributed by atoms with E-state index in [1.165, 1.54) is 4.31 Å². The first-order valence-electron chi connectivity index (χ1n) is 9.70. The van der Waals surface area contributed by atoms with Crippen LogP contribution in [0.2, 0.25) is 0 Å². The molecule has 1 amide bonds. The molecule has 1 aliphatic rings. The van der Waals surface area contributed by atoms with Gasteiger partial charge in [-0.3, -0.25) is 9.59 Å². The molecule has 3 aromatic rings. The smallest absolute Gasteiger partial charge is 0.272 e. The Morgan fingerprint density at radius 1 is 1.17 bits per heavy atom. The molecule has 9 heteroatoms. The number of benzene rings is 2. The fourth-order valence-electron chi connectivity index (χ4n) is 3.73. The van der Waals surface area contributed by atoms with Gasteiger partial charge < -0.3 is 5.32 Å². The van der Waals surface area contributed by atoms with Gasteiger partial charge in [-0.05, 0) is 38.0 Å². The number of aromatic nitrogens is 2. The first-order valence-corrected chi connectivity index (χ1v) is 11.1. The molecule has 2 heterocycles. The number of aryl methyl sites for hydroxylation is 1. The number of sulfonamides is 1. The second-order valence-electron chi connectivity index (χ2n) is 7.35. The third-order valence-corrected chi connectivity index (χ3v) is 7.26. The van der Waals surface area contributed by atoms with Crippen LogP contribution < -0.4 is 10.9 Å². The SMILES string of the molecule is Cc1ccc(S(=O)(=O)N2CCC[C@H]2C(=O)NCc2n[nH]c(=O)c3ccccc23)cc1. The number of amides is 1. The molecule has 30 heavy (non-hydrogen) atoms. The molecule has 4 rings (SSSR count). The molecule has 1 saturated heterocycles. The number of carbonyl (C=O) groups excluding carboxylic acids is 1. The summed E-state index contributed by atoms with van der Waals surface area (Å²) in [5.41, 5.74) is 1.18. The van der Waals surface area contributed by atoms with E-state index in [0.29, 0.717) is 35.9 Å². The van der Waals surface area contributed by atoms with Gasteiger partial charge >= 0.3 is 0 Å². The molecule has 1 fully saturated rings. The monoisotopic (exact) mass is 426 g/mol. The van der Waals surface area contributed by atoms with Crippen molar-refractivity contribution < 1.29 is 13.2 Å². The maximum absolute atomic E-state index is 13.0. The van der Waals surface area contributed by atoms with E-state index in [4.69, 9.17) is 0 Å². The van der Waals surface area contributed by atoms with Crippen molar-refractivity contribution in [1.29, 1.82) is 0 Å². The third kappa shape index (κ3) is 3.73. The van der Waals surface area contributed by atoms with Crippen LogP contribution in [0.3, 0.4) is 0 Å². The van der Waals surface area contributed by atoms with E-state index in [9.17, 15) is 18.0 Å². The van der Waals surface area contributed by atoms with Crippen LogP contribution in [-0.4, -0.2) is 41.4 Å². The van der Waals surface area contributed by atoms with Gasteiger partial charge in [0.15, 0.2) is 0 Å². The molecule has 1 aromatic heterocycles. The molecule has 2 aromatic carbocycles. The summed E-state index contributed by atoms with van der Waals surface area (Å²) in [5.74, 6) is -0.375. The van der Waals surface area contributed by atoms with Crippen molar-refractivity contribution in [2.45, 2.75) is 37.2 Å². The van der Waals surface area contributed by atoms with Crippen LogP contribution in [0, 0.1) is 6.92 Å². The average Bonchev–Trinajstić information content (AvgIpc) is 3.25. The minimum Gasteiger partial charge on any atom is -0.349 e. The first-order chi connectivity index (χ1) is 14.4. The zero-order chi connectivity index (χ0) is 21.3. The Labute approximate surface area is 174 Å². The molecule has 0 aliphatic carbocycles. The quantitative estimate of drug-likeness (QED) is 0.645. The van der Waals surface area contributed by atoms with Crippen LogP contribution in [0.15, 0.2) is 58.2 Å². The molecule has 0 bridgehead atoms. The fourth-order valence-corrected chi connectivity index (χ4v) is 5.39. The second-order valence-corrected chi connectivity index (χ2v) is 9.24. The zero-order valence-corrected chi connectivity index (χ0v) is 17.3. The molecule has 156 valence electrons. The number of rotatable bonds is 5. The van der Waals surface area contributed by atoms with Crippen LogP contribution in [-0.2, 0) is 21.4 Å². The van der Waals surface area contributed by atoms with Gasteiger partial charge in [0.1, 0.15) is 6.04 Å². The Morgan fingerprint density at radius 2 is 1.87 bits per heavy atom. The van der Waals surface area contributed by atoms with Crippen molar-refractivity contribution in [2.24, 2.45) is 0 Å². The van der Waals surface area contributed by atoms with Gasteiger partial charge in [0.05, 0.1) is 22.5 Å². The minimum absolute atomic E-state index is 0.0883. The highest BCUT2D eigenvalue weighted by Gasteiger charge is 2.39. The van der Waals surface area contributed by atoms with Crippen molar-refractivity contribution in [3.8, 4) is 0 Å². The topological polar surface area (TPSA) is 112 Å². The molecule has 0 radical (unpaired) electrons. The lowest BCUT2D eigenvalue weighted by molar-refractivity contribution is -0.124. The van der Waals surface area contributed by atoms with Crippen LogP contribution in [0.5, 0.6) is 0 Å². The van der Waals surface area contributed by atoms with E-state index in [1.54, 1.807) is 48.5 Å². The number of aromatic amines is 1. The van der Waals surface area contributed by atoms with Gasteiger partial charge in [-0.15, -0.1) is 0 Å². The van der Waals surface area contributed by atoms with E-state index in [1.807, 2.05) is 6.92 Å². The standard InChI is InChI=1S/C21H22N4O4S/c1-14-8-10-15(11-9-14)30(28,29)25-12-4-7-19(25)21(27)22-13-18-16-5-2-3-6-17(16)20(26)24-23-18/h2-3,5-6,8-11,19H,4,7,12-13H2,1H3,(H,22,27)(H,24,26)/t19-/m0/s1. The average molecular weight is 426 g/mol. The van der Waals surface area contributed by atoms with E-state index in [2.05, 4.69) is 15.5 Å². The van der Waals surface area contributed by atoms with Gasteiger partial charge in [-0.25, -0.2) is 13.5 Å². The normalized spacial score (nSPS) is 17.3. The van der Waals surface area contributed by atoms with E-state index in [0.717, 1.165) is 5.56 Å². The Bertz CT molecular complexity index is 1250. The summed E-state index contributed by atoms with van der Waals surface area (Å²) in [7, 11) is -3.76. The number of nitrogens with one attached hydrogen (secondary N) is 2. The van der Waals surface area contributed by atoms with Gasteiger partial charge in [0.25, 0.3) is 5.56 Å². The zero-order valence-electron chi connectivity index (χ0n) is 16.5. The van der Waals surface area contributed by atoms with Crippen LogP contribution >= 0.6 is 0 Å². The Hall–Kier alpha value is -3.04. The highest BCUT2D eigenvalue weighted by molar-refractivity contribution is 7.89. The van der Waals surface area contributed by atoms with Crippen LogP contribution in [0.4, 0.5) is 0 Å². The molecular weight excluding hydrogens is 404 g/mol. The summed E-state index contributed by atoms with van der Waals surface area (Å²) in [6, 6.07) is 12.8. The first kappa shape index (κ1) is 20.2. The number of fused-ring (bicyclic) bond motifs is 1. The molecule has 0 unspecified atom stereocenters. The van der Waals surface area contributed by atoms with Crippen molar-refractivity contribution in [3.63, 3.8) is 0 Å². The van der Waals surface area contributed by atoms with Crippen molar-refractivity contribution in [1.82, 2.24) is 19.8 Å². The molecule has 1 atom stereocenters. The minimum atomic E-state index is -3.76. The molecule has 2 N–H and O–H groups in total. The lowest BCUT2D eigenvalue weighted by Gasteiger charge is -2.23. The molecule has 8 nitrogen and oxygen atoms in total. The Kier molecular flexibility index (Phi) is 5.40. The number of hydrogen-bond donors (Lipinski definition) is 2. The van der Waals surface area contributed by atoms with Crippen LogP contribution in [0.25, 0.3) is 10.8 Å². The van der Waals surface area contributed by atoms with Crippen LogP contribution in [0.1, 0.15) is 24.1 Å². The number of nitrogens with zero attached hydrogens (tertiary/aromatic N) is 2. The molecular formula is C21H22N4O4S. The summed E-state index contributed by atoms with van der Waals surface area (Å²) in [6.45, 7) is 2.27. The number of carbonyl (C=O) groups is 1. The summed E-state index contributed by atoms with van der Waals surface area (Å²) < 4.78 is 27.4. The van der Waals surface area contributed by atoms with E-state index >= 15 is 0 Å². The number of H-pyrrole nitrogens is 1. The number of hydrogen-bond acceptors (Lipinski definition) is 5. The van der Waals surface area contributed by atoms with Gasteiger partial charge in [0.2, 0.25) is 15.9 Å².